The summed E-state index contributed by atoms with van der Waals surface area (Å²) in [5.74, 6) is 0.293. The Morgan fingerprint density at radius 1 is 1.47 bits per heavy atom. The molecule has 1 aliphatic heterocycles. The van der Waals surface area contributed by atoms with Gasteiger partial charge in [0.25, 0.3) is 0 Å². The van der Waals surface area contributed by atoms with Crippen molar-refractivity contribution in [3.8, 4) is 0 Å². The van der Waals surface area contributed by atoms with E-state index in [1.54, 1.807) is 0 Å². The van der Waals surface area contributed by atoms with Crippen molar-refractivity contribution in [1.82, 2.24) is 15.3 Å². The standard InChI is InChI=1S/C9H15N5O3/c1-3(15)6(16)4-2-11-5-7(12-4)13-9(10)14-8(5)17/h2-3,6,8-9,14-17H,10H2,1H3,(H,12,13)/t3-,6-,8-,9-/m0/s1. The second kappa shape index (κ2) is 4.51. The summed E-state index contributed by atoms with van der Waals surface area (Å²) in [6.07, 6.45) is -2.43. The minimum absolute atomic E-state index is 0.215. The van der Waals surface area contributed by atoms with Crippen molar-refractivity contribution in [2.45, 2.75) is 31.6 Å². The molecule has 0 saturated carbocycles. The number of nitrogens with zero attached hydrogens (tertiary/aromatic N) is 2. The Balaban J connectivity index is 2.33. The molecule has 94 valence electrons. The number of anilines is 1. The largest absolute Gasteiger partial charge is 0.390 e. The zero-order valence-corrected chi connectivity index (χ0v) is 9.20. The molecule has 0 aliphatic carbocycles. The van der Waals surface area contributed by atoms with E-state index in [0.717, 1.165) is 0 Å². The van der Waals surface area contributed by atoms with Crippen molar-refractivity contribution in [1.29, 1.82) is 0 Å². The SMILES string of the molecule is C[C@H](O)[C@H](O)c1cnc2c(n1)N[C@H](N)N[C@H]2O. The number of hydrogen-bond donors (Lipinski definition) is 6. The number of aliphatic hydroxyl groups is 3. The van der Waals surface area contributed by atoms with Crippen molar-refractivity contribution in [3.63, 3.8) is 0 Å². The molecule has 2 heterocycles. The van der Waals surface area contributed by atoms with Gasteiger partial charge in [-0.25, -0.2) is 4.98 Å². The van der Waals surface area contributed by atoms with Gasteiger partial charge in [0.15, 0.2) is 12.0 Å². The third kappa shape index (κ3) is 2.35. The van der Waals surface area contributed by atoms with Crippen molar-refractivity contribution in [2.75, 3.05) is 5.32 Å². The van der Waals surface area contributed by atoms with Crippen molar-refractivity contribution < 1.29 is 15.3 Å². The molecule has 7 N–H and O–H groups in total. The topological polar surface area (TPSA) is 137 Å². The van der Waals surface area contributed by atoms with Gasteiger partial charge in [0.05, 0.1) is 18.0 Å². The van der Waals surface area contributed by atoms with Crippen LogP contribution in [0.5, 0.6) is 0 Å². The number of aromatic nitrogens is 2. The van der Waals surface area contributed by atoms with E-state index in [1.165, 1.54) is 13.1 Å². The van der Waals surface area contributed by atoms with E-state index < -0.39 is 24.7 Å². The molecule has 0 bridgehead atoms. The van der Waals surface area contributed by atoms with Gasteiger partial charge in [-0.2, -0.15) is 0 Å². The predicted octanol–water partition coefficient (Wildman–Crippen LogP) is -1.86. The molecule has 8 heteroatoms. The smallest absolute Gasteiger partial charge is 0.154 e. The highest BCUT2D eigenvalue weighted by Gasteiger charge is 2.26. The summed E-state index contributed by atoms with van der Waals surface area (Å²) in [4.78, 5) is 8.05. The van der Waals surface area contributed by atoms with Crippen molar-refractivity contribution >= 4 is 5.82 Å². The van der Waals surface area contributed by atoms with Gasteiger partial charge in [0.2, 0.25) is 0 Å². The van der Waals surface area contributed by atoms with Crippen LogP contribution < -0.4 is 16.4 Å². The van der Waals surface area contributed by atoms with Gasteiger partial charge < -0.3 is 20.6 Å². The van der Waals surface area contributed by atoms with Gasteiger partial charge in [-0.15, -0.1) is 0 Å². The summed E-state index contributed by atoms with van der Waals surface area (Å²) in [5.41, 5.74) is 6.08. The van der Waals surface area contributed by atoms with E-state index in [-0.39, 0.29) is 5.69 Å². The van der Waals surface area contributed by atoms with Crippen LogP contribution in [0.2, 0.25) is 0 Å². The van der Waals surface area contributed by atoms with E-state index in [0.29, 0.717) is 11.5 Å². The van der Waals surface area contributed by atoms with Crippen LogP contribution in [0, 0.1) is 0 Å². The van der Waals surface area contributed by atoms with Crippen molar-refractivity contribution in [2.24, 2.45) is 5.73 Å². The Morgan fingerprint density at radius 3 is 2.82 bits per heavy atom. The lowest BCUT2D eigenvalue weighted by molar-refractivity contribution is 0.0274. The normalized spacial score (nSPS) is 26.9. The third-order valence-electron chi connectivity index (χ3n) is 2.47. The van der Waals surface area contributed by atoms with Crippen LogP contribution >= 0.6 is 0 Å². The fraction of sp³-hybridized carbons (Fsp3) is 0.556. The number of nitrogens with one attached hydrogen (secondary N) is 2. The summed E-state index contributed by atoms with van der Waals surface area (Å²) in [7, 11) is 0. The monoisotopic (exact) mass is 241 g/mol. The molecular formula is C9H15N5O3. The molecule has 8 nitrogen and oxygen atoms in total. The summed E-state index contributed by atoms with van der Waals surface area (Å²) < 4.78 is 0. The Kier molecular flexibility index (Phi) is 3.22. The minimum atomic E-state index is -1.13. The fourth-order valence-electron chi connectivity index (χ4n) is 1.55. The molecule has 2 rings (SSSR count). The van der Waals surface area contributed by atoms with Gasteiger partial charge in [-0.1, -0.05) is 0 Å². The van der Waals surface area contributed by atoms with E-state index in [9.17, 15) is 15.3 Å². The highest BCUT2D eigenvalue weighted by Crippen LogP contribution is 2.24. The summed E-state index contributed by atoms with van der Waals surface area (Å²) in [6, 6.07) is 0. The Labute approximate surface area is 97.5 Å². The molecule has 0 unspecified atom stereocenters. The van der Waals surface area contributed by atoms with Gasteiger partial charge >= 0.3 is 0 Å². The molecular weight excluding hydrogens is 226 g/mol. The Bertz CT molecular complexity index is 414. The lowest BCUT2D eigenvalue weighted by Gasteiger charge is -2.28. The van der Waals surface area contributed by atoms with E-state index in [4.69, 9.17) is 5.73 Å². The quantitative estimate of drug-likeness (QED) is 0.354. The molecule has 1 aliphatic rings. The average Bonchev–Trinajstić information content (AvgIpc) is 2.26. The molecule has 0 amide bonds. The fourth-order valence-corrected chi connectivity index (χ4v) is 1.55. The zero-order chi connectivity index (χ0) is 12.6. The summed E-state index contributed by atoms with van der Waals surface area (Å²) >= 11 is 0. The second-order valence-corrected chi connectivity index (χ2v) is 3.91. The lowest BCUT2D eigenvalue weighted by atomic mass is 10.1. The second-order valence-electron chi connectivity index (χ2n) is 3.91. The maximum absolute atomic E-state index is 9.64. The molecule has 4 atom stereocenters. The zero-order valence-electron chi connectivity index (χ0n) is 9.20. The Morgan fingerprint density at radius 2 is 2.18 bits per heavy atom. The molecule has 17 heavy (non-hydrogen) atoms. The van der Waals surface area contributed by atoms with Crippen LogP contribution in [0.1, 0.15) is 30.6 Å². The number of hydrogen-bond acceptors (Lipinski definition) is 8. The van der Waals surface area contributed by atoms with Crippen LogP contribution in [-0.2, 0) is 0 Å². The first-order chi connectivity index (χ1) is 7.99. The first kappa shape index (κ1) is 12.1. The maximum atomic E-state index is 9.64. The van der Waals surface area contributed by atoms with E-state index in [1.807, 2.05) is 0 Å². The molecule has 0 fully saturated rings. The van der Waals surface area contributed by atoms with Gasteiger partial charge in [0.1, 0.15) is 18.1 Å². The first-order valence-electron chi connectivity index (χ1n) is 5.18. The number of rotatable bonds is 2. The van der Waals surface area contributed by atoms with Crippen LogP contribution in [-0.4, -0.2) is 37.7 Å². The maximum Gasteiger partial charge on any atom is 0.154 e. The van der Waals surface area contributed by atoms with Crippen molar-refractivity contribution in [3.05, 3.63) is 17.6 Å². The van der Waals surface area contributed by atoms with Gasteiger partial charge in [-0.05, 0) is 6.92 Å². The van der Waals surface area contributed by atoms with E-state index >= 15 is 0 Å². The van der Waals surface area contributed by atoms with Crippen LogP contribution in [0.4, 0.5) is 5.82 Å². The summed E-state index contributed by atoms with van der Waals surface area (Å²) in [6.45, 7) is 1.45. The molecule has 0 saturated heterocycles. The molecule has 0 radical (unpaired) electrons. The number of aliphatic hydroxyl groups excluding tert-OH is 3. The lowest BCUT2D eigenvalue weighted by Crippen LogP contribution is -2.50. The average molecular weight is 241 g/mol. The van der Waals surface area contributed by atoms with E-state index in [2.05, 4.69) is 20.6 Å². The third-order valence-corrected chi connectivity index (χ3v) is 2.47. The van der Waals surface area contributed by atoms with Gasteiger partial charge in [-0.3, -0.25) is 16.0 Å². The number of fused-ring (bicyclic) bond motifs is 1. The van der Waals surface area contributed by atoms with Crippen LogP contribution in [0.15, 0.2) is 6.20 Å². The molecule has 1 aromatic rings. The molecule has 0 spiro atoms. The Hall–Kier alpha value is -1.32. The minimum Gasteiger partial charge on any atom is -0.390 e. The van der Waals surface area contributed by atoms with Crippen LogP contribution in [0.25, 0.3) is 0 Å². The highest BCUT2D eigenvalue weighted by atomic mass is 16.3. The summed E-state index contributed by atoms with van der Waals surface area (Å²) in [5, 5.41) is 33.9. The highest BCUT2D eigenvalue weighted by molar-refractivity contribution is 5.44. The predicted molar refractivity (Wildman–Crippen MR) is 58.4 cm³/mol. The van der Waals surface area contributed by atoms with Gasteiger partial charge in [0, 0.05) is 0 Å². The molecule has 1 aromatic heterocycles. The number of nitrogens with two attached hydrogens (primary N) is 1. The van der Waals surface area contributed by atoms with Crippen LogP contribution in [0.3, 0.4) is 0 Å². The molecule has 0 aromatic carbocycles. The first-order valence-corrected chi connectivity index (χ1v) is 5.18.